The third-order valence-electron chi connectivity index (χ3n) is 6.39. The molecule has 6 nitrogen and oxygen atoms in total. The van der Waals surface area contributed by atoms with Gasteiger partial charge in [-0.15, -0.1) is 0 Å². The molecule has 0 aromatic heterocycles. The summed E-state index contributed by atoms with van der Waals surface area (Å²) in [6.45, 7) is 1.88. The van der Waals surface area contributed by atoms with E-state index in [2.05, 4.69) is 21.2 Å². The van der Waals surface area contributed by atoms with Gasteiger partial charge in [-0.3, -0.25) is 4.79 Å². The first-order valence-electron chi connectivity index (χ1n) is 10.8. The fraction of sp³-hybridized carbons (Fsp3) is 0.500. The first-order chi connectivity index (χ1) is 14.9. The predicted octanol–water partition coefficient (Wildman–Crippen LogP) is 4.92. The van der Waals surface area contributed by atoms with Gasteiger partial charge in [0.1, 0.15) is 6.10 Å². The molecule has 1 unspecified atom stereocenters. The largest absolute Gasteiger partial charge is 0.493 e. The van der Waals surface area contributed by atoms with Gasteiger partial charge in [0.05, 0.1) is 19.8 Å². The van der Waals surface area contributed by atoms with E-state index in [1.807, 2.05) is 19.1 Å². The smallest absolute Gasteiger partial charge is 0.337 e. The van der Waals surface area contributed by atoms with Crippen LogP contribution in [0.25, 0.3) is 0 Å². The SMILES string of the molecule is COc1cc(Br)c(C2C(C(=O)OC3CCCC3)=C(C)NC3=C2C(=O)CCC3)cc1OC. The summed E-state index contributed by atoms with van der Waals surface area (Å²) in [5.41, 5.74) is 3.58. The quantitative estimate of drug-likeness (QED) is 0.591. The van der Waals surface area contributed by atoms with Crippen molar-refractivity contribution in [3.63, 3.8) is 0 Å². The number of dihydropyridines is 1. The Balaban J connectivity index is 1.84. The molecule has 0 bridgehead atoms. The number of allylic oxidation sites excluding steroid dienone is 3. The van der Waals surface area contributed by atoms with Crippen molar-refractivity contribution >= 4 is 27.7 Å². The molecule has 0 radical (unpaired) electrons. The van der Waals surface area contributed by atoms with Crippen LogP contribution in [0.4, 0.5) is 0 Å². The Morgan fingerprint density at radius 1 is 1.06 bits per heavy atom. The van der Waals surface area contributed by atoms with Crippen molar-refractivity contribution in [3.05, 3.63) is 44.7 Å². The summed E-state index contributed by atoms with van der Waals surface area (Å²) in [6, 6.07) is 3.67. The first-order valence-corrected chi connectivity index (χ1v) is 11.6. The molecule has 0 spiro atoms. The van der Waals surface area contributed by atoms with Gasteiger partial charge in [-0.25, -0.2) is 4.79 Å². The minimum Gasteiger partial charge on any atom is -0.493 e. The second-order valence-electron chi connectivity index (χ2n) is 8.31. The summed E-state index contributed by atoms with van der Waals surface area (Å²) < 4.78 is 17.6. The van der Waals surface area contributed by atoms with Crippen LogP contribution in [0, 0.1) is 0 Å². The number of hydrogen-bond acceptors (Lipinski definition) is 6. The predicted molar refractivity (Wildman–Crippen MR) is 120 cm³/mol. The number of rotatable bonds is 5. The maximum Gasteiger partial charge on any atom is 0.337 e. The summed E-state index contributed by atoms with van der Waals surface area (Å²) >= 11 is 3.64. The van der Waals surface area contributed by atoms with E-state index in [9.17, 15) is 9.59 Å². The zero-order valence-corrected chi connectivity index (χ0v) is 19.8. The van der Waals surface area contributed by atoms with Crippen LogP contribution in [0.2, 0.25) is 0 Å². The summed E-state index contributed by atoms with van der Waals surface area (Å²) in [5, 5.41) is 3.34. The molecule has 1 saturated carbocycles. The van der Waals surface area contributed by atoms with E-state index >= 15 is 0 Å². The number of halogens is 1. The maximum absolute atomic E-state index is 13.4. The third kappa shape index (κ3) is 4.12. The molecule has 1 heterocycles. The first kappa shape index (κ1) is 21.9. The summed E-state index contributed by atoms with van der Waals surface area (Å²) in [6.07, 6.45) is 5.95. The fourth-order valence-electron chi connectivity index (χ4n) is 4.88. The Hall–Kier alpha value is -2.28. The lowest BCUT2D eigenvalue weighted by Gasteiger charge is -2.35. The summed E-state index contributed by atoms with van der Waals surface area (Å²) in [4.78, 5) is 26.5. The van der Waals surface area contributed by atoms with Crippen molar-refractivity contribution in [1.29, 1.82) is 0 Å². The van der Waals surface area contributed by atoms with Gasteiger partial charge in [0.25, 0.3) is 0 Å². The minimum atomic E-state index is -0.521. The molecule has 1 aromatic rings. The summed E-state index contributed by atoms with van der Waals surface area (Å²) in [7, 11) is 3.15. The van der Waals surface area contributed by atoms with E-state index in [4.69, 9.17) is 14.2 Å². The van der Waals surface area contributed by atoms with Crippen LogP contribution >= 0.6 is 15.9 Å². The fourth-order valence-corrected chi connectivity index (χ4v) is 5.43. The number of benzene rings is 1. The number of nitrogens with one attached hydrogen (secondary N) is 1. The van der Waals surface area contributed by atoms with E-state index in [1.165, 1.54) is 0 Å². The molecule has 166 valence electrons. The Labute approximate surface area is 191 Å². The van der Waals surface area contributed by atoms with Crippen LogP contribution in [0.1, 0.15) is 63.4 Å². The van der Waals surface area contributed by atoms with Gasteiger partial charge in [-0.1, -0.05) is 15.9 Å². The van der Waals surface area contributed by atoms with Gasteiger partial charge in [-0.05, 0) is 63.1 Å². The summed E-state index contributed by atoms with van der Waals surface area (Å²) in [5.74, 6) is 0.317. The lowest BCUT2D eigenvalue weighted by atomic mass is 9.75. The molecular weight excluding hydrogens is 462 g/mol. The highest BCUT2D eigenvalue weighted by Gasteiger charge is 2.41. The molecule has 7 heteroatoms. The second kappa shape index (κ2) is 9.07. The lowest BCUT2D eigenvalue weighted by Crippen LogP contribution is -2.35. The number of Topliss-reactive ketones (excluding diaryl/α,β-unsaturated/α-hetero) is 1. The zero-order valence-electron chi connectivity index (χ0n) is 18.2. The Kier molecular flexibility index (Phi) is 6.42. The van der Waals surface area contributed by atoms with Gasteiger partial charge >= 0.3 is 5.97 Å². The average molecular weight is 490 g/mol. The molecule has 2 aliphatic carbocycles. The Bertz CT molecular complexity index is 974. The molecule has 4 rings (SSSR count). The van der Waals surface area contributed by atoms with E-state index in [0.29, 0.717) is 29.1 Å². The topological polar surface area (TPSA) is 73.9 Å². The second-order valence-corrected chi connectivity index (χ2v) is 9.16. The van der Waals surface area contributed by atoms with Crippen LogP contribution < -0.4 is 14.8 Å². The highest BCUT2D eigenvalue weighted by molar-refractivity contribution is 9.10. The Morgan fingerprint density at radius 2 is 1.74 bits per heavy atom. The van der Waals surface area contributed by atoms with Crippen molar-refractivity contribution in [2.24, 2.45) is 0 Å². The van der Waals surface area contributed by atoms with Crippen LogP contribution in [-0.4, -0.2) is 32.1 Å². The van der Waals surface area contributed by atoms with Gasteiger partial charge in [0, 0.05) is 33.8 Å². The van der Waals surface area contributed by atoms with Gasteiger partial charge < -0.3 is 19.5 Å². The minimum absolute atomic E-state index is 0.0558. The highest BCUT2D eigenvalue weighted by Crippen LogP contribution is 2.47. The van der Waals surface area contributed by atoms with Crippen molar-refractivity contribution in [2.45, 2.75) is 63.9 Å². The lowest BCUT2D eigenvalue weighted by molar-refractivity contribution is -0.144. The molecule has 0 saturated heterocycles. The number of carbonyl (C=O) groups excluding carboxylic acids is 2. The highest BCUT2D eigenvalue weighted by atomic mass is 79.9. The van der Waals surface area contributed by atoms with Gasteiger partial charge in [0.15, 0.2) is 17.3 Å². The zero-order chi connectivity index (χ0) is 22.1. The molecule has 1 aromatic carbocycles. The van der Waals surface area contributed by atoms with Crippen molar-refractivity contribution in [1.82, 2.24) is 5.32 Å². The molecule has 0 amide bonds. The van der Waals surface area contributed by atoms with E-state index in [-0.39, 0.29) is 17.9 Å². The van der Waals surface area contributed by atoms with Crippen LogP contribution in [0.5, 0.6) is 11.5 Å². The van der Waals surface area contributed by atoms with Crippen molar-refractivity contribution in [2.75, 3.05) is 14.2 Å². The molecular formula is C24H28BrNO5. The Morgan fingerprint density at radius 3 is 2.42 bits per heavy atom. The molecule has 3 aliphatic rings. The normalized spacial score (nSPS) is 21.7. The number of hydrogen-bond donors (Lipinski definition) is 1. The number of methoxy groups -OCH3 is 2. The van der Waals surface area contributed by atoms with Crippen molar-refractivity contribution in [3.8, 4) is 11.5 Å². The van der Waals surface area contributed by atoms with Gasteiger partial charge in [-0.2, -0.15) is 0 Å². The van der Waals surface area contributed by atoms with E-state index in [0.717, 1.165) is 60.0 Å². The number of carbonyl (C=O) groups is 2. The third-order valence-corrected chi connectivity index (χ3v) is 7.07. The standard InChI is InChI=1S/C24H28BrNO5/c1-13-21(24(28)31-14-7-4-5-8-14)22(23-17(26-13)9-6-10-18(23)27)15-11-19(29-2)20(30-3)12-16(15)25/h11-12,14,22,26H,4-10H2,1-3H3. The van der Waals surface area contributed by atoms with Crippen LogP contribution in [0.3, 0.4) is 0 Å². The molecule has 1 aliphatic heterocycles. The molecule has 1 fully saturated rings. The monoisotopic (exact) mass is 489 g/mol. The number of ether oxygens (including phenoxy) is 3. The number of ketones is 1. The van der Waals surface area contributed by atoms with E-state index < -0.39 is 5.92 Å². The van der Waals surface area contributed by atoms with E-state index in [1.54, 1.807) is 14.2 Å². The maximum atomic E-state index is 13.4. The van der Waals surface area contributed by atoms with Crippen LogP contribution in [0.15, 0.2) is 39.1 Å². The number of esters is 1. The molecule has 1 N–H and O–H groups in total. The van der Waals surface area contributed by atoms with Gasteiger partial charge in [0.2, 0.25) is 0 Å². The van der Waals surface area contributed by atoms with Crippen molar-refractivity contribution < 1.29 is 23.8 Å². The molecule has 1 atom stereocenters. The molecule has 31 heavy (non-hydrogen) atoms. The van der Waals surface area contributed by atoms with Crippen LogP contribution in [-0.2, 0) is 14.3 Å². The average Bonchev–Trinajstić information content (AvgIpc) is 3.25.